The lowest BCUT2D eigenvalue weighted by molar-refractivity contribution is -0.671. The second-order valence-corrected chi connectivity index (χ2v) is 8.73. The summed E-state index contributed by atoms with van der Waals surface area (Å²) in [5.74, 6) is 0. The average molecular weight is 466 g/mol. The Morgan fingerprint density at radius 2 is 0.750 bits per heavy atom. The second kappa shape index (κ2) is 11.2. The largest absolute Gasteiger partial charge is 0.311 e. The van der Waals surface area contributed by atoms with E-state index >= 15 is 0 Å². The van der Waals surface area contributed by atoms with Crippen LogP contribution in [0.15, 0.2) is 134 Å². The topological polar surface area (TPSA) is 7.12 Å². The highest BCUT2D eigenvalue weighted by atomic mass is 15.1. The number of aryl methyl sites for hydroxylation is 1. The highest BCUT2D eigenvalue weighted by Crippen LogP contribution is 2.34. The molecule has 4 aromatic carbocycles. The Morgan fingerprint density at radius 1 is 0.417 bits per heavy atom. The van der Waals surface area contributed by atoms with Gasteiger partial charge in [-0.1, -0.05) is 97.1 Å². The van der Waals surface area contributed by atoms with E-state index in [0.29, 0.717) is 0 Å². The number of pyridine rings is 1. The monoisotopic (exact) mass is 465 g/mol. The molecule has 0 N–H and O–H groups in total. The van der Waals surface area contributed by atoms with Crippen LogP contribution >= 0.6 is 0 Å². The number of rotatable bonds is 7. The maximum atomic E-state index is 2.27. The molecule has 0 radical (unpaired) electrons. The first-order chi connectivity index (χ1) is 17.7. The fourth-order valence-electron chi connectivity index (χ4n) is 4.06. The van der Waals surface area contributed by atoms with Crippen LogP contribution in [-0.2, 0) is 7.05 Å². The van der Waals surface area contributed by atoms with Gasteiger partial charge in [-0.15, -0.1) is 0 Å². The molecular weight excluding hydrogens is 436 g/mol. The fourth-order valence-corrected chi connectivity index (χ4v) is 4.06. The van der Waals surface area contributed by atoms with Gasteiger partial charge in [0.05, 0.1) is 0 Å². The van der Waals surface area contributed by atoms with Gasteiger partial charge in [0, 0.05) is 29.2 Å². The van der Waals surface area contributed by atoms with Gasteiger partial charge in [0.25, 0.3) is 0 Å². The molecule has 1 aromatic heterocycles. The van der Waals surface area contributed by atoms with Crippen molar-refractivity contribution in [3.8, 4) is 0 Å². The zero-order chi connectivity index (χ0) is 24.6. The van der Waals surface area contributed by atoms with Crippen molar-refractivity contribution < 1.29 is 4.57 Å². The Kier molecular flexibility index (Phi) is 7.15. The summed E-state index contributed by atoms with van der Waals surface area (Å²) in [6.07, 6.45) is 12.7. The van der Waals surface area contributed by atoms with Crippen molar-refractivity contribution in [1.82, 2.24) is 0 Å². The van der Waals surface area contributed by atoms with Crippen LogP contribution in [-0.4, -0.2) is 0 Å². The first-order valence-corrected chi connectivity index (χ1v) is 12.2. The standard InChI is InChI=1S/C34H29N2/c1-35-26-24-31(25-27-35)19-18-29-14-12-28(13-15-29)16-17-30-20-22-34(23-21-30)36(32-8-4-2-5-9-32)33-10-6-3-7-11-33/h2-27H,1H3/q+1. The number of anilines is 3. The Labute approximate surface area is 213 Å². The highest BCUT2D eigenvalue weighted by Gasteiger charge is 2.11. The third-order valence-corrected chi connectivity index (χ3v) is 6.06. The predicted octanol–water partition coefficient (Wildman–Crippen LogP) is 8.32. The van der Waals surface area contributed by atoms with Crippen LogP contribution < -0.4 is 9.47 Å². The van der Waals surface area contributed by atoms with E-state index in [9.17, 15) is 0 Å². The maximum Gasteiger partial charge on any atom is 0.169 e. The third kappa shape index (κ3) is 5.86. The van der Waals surface area contributed by atoms with Crippen LogP contribution in [0.1, 0.15) is 22.3 Å². The van der Waals surface area contributed by atoms with E-state index in [4.69, 9.17) is 0 Å². The molecule has 0 bridgehead atoms. The minimum Gasteiger partial charge on any atom is -0.311 e. The molecular formula is C34H29N2+. The van der Waals surface area contributed by atoms with Crippen LogP contribution in [0.5, 0.6) is 0 Å². The third-order valence-electron chi connectivity index (χ3n) is 6.06. The summed E-state index contributed by atoms with van der Waals surface area (Å²) in [6.45, 7) is 0. The van der Waals surface area contributed by atoms with Crippen LogP contribution in [0, 0.1) is 0 Å². The molecule has 0 amide bonds. The molecule has 0 saturated heterocycles. The molecule has 5 rings (SSSR count). The van der Waals surface area contributed by atoms with Crippen LogP contribution in [0.2, 0.25) is 0 Å². The first-order valence-electron chi connectivity index (χ1n) is 12.2. The minimum atomic E-state index is 1.13. The summed E-state index contributed by atoms with van der Waals surface area (Å²) in [5, 5.41) is 0. The van der Waals surface area contributed by atoms with Gasteiger partial charge in [0.2, 0.25) is 0 Å². The quantitative estimate of drug-likeness (QED) is 0.173. The van der Waals surface area contributed by atoms with Gasteiger partial charge >= 0.3 is 0 Å². The van der Waals surface area contributed by atoms with Crippen molar-refractivity contribution in [2.24, 2.45) is 7.05 Å². The minimum absolute atomic E-state index is 1.13. The summed E-state index contributed by atoms with van der Waals surface area (Å²) in [7, 11) is 2.03. The fraction of sp³-hybridized carbons (Fsp3) is 0.0294. The summed E-state index contributed by atoms with van der Waals surface area (Å²) < 4.78 is 2.04. The van der Waals surface area contributed by atoms with E-state index in [2.05, 4.69) is 151 Å². The van der Waals surface area contributed by atoms with Crippen molar-refractivity contribution in [1.29, 1.82) is 0 Å². The zero-order valence-corrected chi connectivity index (χ0v) is 20.4. The Bertz CT molecular complexity index is 1390. The molecule has 0 aliphatic heterocycles. The van der Waals surface area contributed by atoms with Gasteiger partial charge in [0.15, 0.2) is 12.4 Å². The second-order valence-electron chi connectivity index (χ2n) is 8.73. The average Bonchev–Trinajstić information content (AvgIpc) is 2.94. The molecule has 0 aliphatic rings. The number of hydrogen-bond acceptors (Lipinski definition) is 1. The lowest BCUT2D eigenvalue weighted by Gasteiger charge is -2.25. The number of para-hydroxylation sites is 2. The molecule has 1 heterocycles. The summed E-state index contributed by atoms with van der Waals surface area (Å²) in [5.41, 5.74) is 8.14. The van der Waals surface area contributed by atoms with Crippen LogP contribution in [0.4, 0.5) is 17.1 Å². The summed E-state index contributed by atoms with van der Waals surface area (Å²) >= 11 is 0. The molecule has 0 unspecified atom stereocenters. The van der Waals surface area contributed by atoms with E-state index in [-0.39, 0.29) is 0 Å². The van der Waals surface area contributed by atoms with Crippen molar-refractivity contribution in [2.45, 2.75) is 0 Å². The van der Waals surface area contributed by atoms with Crippen molar-refractivity contribution >= 4 is 41.4 Å². The number of aromatic nitrogens is 1. The maximum absolute atomic E-state index is 2.27. The predicted molar refractivity (Wildman–Crippen MR) is 153 cm³/mol. The van der Waals surface area contributed by atoms with E-state index in [0.717, 1.165) is 17.1 Å². The van der Waals surface area contributed by atoms with Gasteiger partial charge in [-0.25, -0.2) is 4.57 Å². The normalized spacial score (nSPS) is 11.2. The molecule has 5 aromatic rings. The molecule has 0 fully saturated rings. The number of hydrogen-bond donors (Lipinski definition) is 0. The Morgan fingerprint density at radius 3 is 1.17 bits per heavy atom. The highest BCUT2D eigenvalue weighted by molar-refractivity contribution is 5.78. The molecule has 0 spiro atoms. The van der Waals surface area contributed by atoms with Crippen LogP contribution in [0.3, 0.4) is 0 Å². The van der Waals surface area contributed by atoms with Crippen molar-refractivity contribution in [2.75, 3.05) is 4.90 Å². The van der Waals surface area contributed by atoms with Gasteiger partial charge < -0.3 is 4.90 Å². The summed E-state index contributed by atoms with van der Waals surface area (Å²) in [4.78, 5) is 2.27. The van der Waals surface area contributed by atoms with Gasteiger partial charge in [-0.3, -0.25) is 0 Å². The smallest absolute Gasteiger partial charge is 0.169 e. The van der Waals surface area contributed by atoms with Crippen LogP contribution in [0.25, 0.3) is 24.3 Å². The molecule has 0 aliphatic carbocycles. The SMILES string of the molecule is C[n+]1ccc(/C=C/c2ccc(/C=C/c3ccc(N(c4ccccc4)c4ccccc4)cc3)cc2)cc1. The van der Waals surface area contributed by atoms with E-state index in [1.54, 1.807) is 0 Å². The zero-order valence-electron chi connectivity index (χ0n) is 20.4. The van der Waals surface area contributed by atoms with Gasteiger partial charge in [-0.05, 0) is 58.7 Å². The molecule has 0 saturated carbocycles. The van der Waals surface area contributed by atoms with Gasteiger partial charge in [0.1, 0.15) is 7.05 Å². The van der Waals surface area contributed by atoms with Crippen molar-refractivity contribution in [3.05, 3.63) is 156 Å². The van der Waals surface area contributed by atoms with E-state index < -0.39 is 0 Å². The molecule has 2 heteroatoms. The lowest BCUT2D eigenvalue weighted by Crippen LogP contribution is -2.25. The van der Waals surface area contributed by atoms with Gasteiger partial charge in [-0.2, -0.15) is 0 Å². The Balaban J connectivity index is 1.29. The number of benzene rings is 4. The summed E-state index contributed by atoms with van der Waals surface area (Å²) in [6, 6.07) is 42.5. The number of nitrogens with zero attached hydrogens (tertiary/aromatic N) is 2. The van der Waals surface area contributed by atoms with E-state index in [1.165, 1.54) is 22.3 Å². The van der Waals surface area contributed by atoms with E-state index in [1.807, 2.05) is 23.7 Å². The lowest BCUT2D eigenvalue weighted by atomic mass is 10.1. The molecule has 0 atom stereocenters. The van der Waals surface area contributed by atoms with Crippen molar-refractivity contribution in [3.63, 3.8) is 0 Å². The molecule has 36 heavy (non-hydrogen) atoms. The molecule has 2 nitrogen and oxygen atoms in total. The Hall–Kier alpha value is -4.69. The first kappa shape index (κ1) is 23.1. The molecule has 174 valence electrons.